The fraction of sp³-hybridized carbons (Fsp3) is 0.368. The number of non-ortho nitro benzene ring substituents is 1. The molecule has 2 aromatic carbocycles. The third kappa shape index (κ3) is 3.71. The van der Waals surface area contributed by atoms with Gasteiger partial charge < -0.3 is 29.2 Å². The van der Waals surface area contributed by atoms with E-state index in [9.17, 15) is 20.3 Å². The largest absolute Gasteiger partial charge is 0.462 e. The molecule has 4 rings (SSSR count). The van der Waals surface area contributed by atoms with Crippen LogP contribution >= 0.6 is 0 Å². The molecule has 0 bridgehead atoms. The van der Waals surface area contributed by atoms with Crippen LogP contribution in [0, 0.1) is 10.1 Å². The van der Waals surface area contributed by atoms with E-state index in [1.54, 1.807) is 0 Å². The minimum absolute atomic E-state index is 0.0846. The molecule has 9 heteroatoms. The molecule has 9 nitrogen and oxygen atoms in total. The molecule has 2 heterocycles. The van der Waals surface area contributed by atoms with Crippen molar-refractivity contribution in [1.29, 1.82) is 0 Å². The Morgan fingerprint density at radius 1 is 1.00 bits per heavy atom. The number of nitro benzene ring substituents is 1. The number of ether oxygens (including phenoxy) is 4. The van der Waals surface area contributed by atoms with E-state index in [0.29, 0.717) is 0 Å². The summed E-state index contributed by atoms with van der Waals surface area (Å²) in [5.41, 5.74) is 0.713. The molecule has 148 valence electrons. The second-order valence-electron chi connectivity index (χ2n) is 6.57. The lowest BCUT2D eigenvalue weighted by molar-refractivity contribution is -0.384. The summed E-state index contributed by atoms with van der Waals surface area (Å²) in [6.07, 6.45) is -5.88. The first-order valence-electron chi connectivity index (χ1n) is 8.77. The van der Waals surface area contributed by atoms with E-state index in [1.165, 1.54) is 24.3 Å². The summed E-state index contributed by atoms with van der Waals surface area (Å²) in [7, 11) is 0. The number of nitrogens with zero attached hydrogens (tertiary/aromatic N) is 1. The molecule has 2 aromatic rings. The molecule has 0 amide bonds. The molecule has 2 aliphatic heterocycles. The molecule has 2 saturated heterocycles. The number of nitro groups is 1. The zero-order valence-electron chi connectivity index (χ0n) is 14.7. The Kier molecular flexibility index (Phi) is 5.25. The summed E-state index contributed by atoms with van der Waals surface area (Å²) in [6, 6.07) is 14.6. The first-order chi connectivity index (χ1) is 13.5. The topological polar surface area (TPSA) is 121 Å². The molecular formula is C19H19NO8. The normalized spacial score (nSPS) is 32.4. The van der Waals surface area contributed by atoms with Crippen molar-refractivity contribution >= 4 is 5.69 Å². The Bertz CT molecular complexity index is 812. The molecule has 0 unspecified atom stereocenters. The van der Waals surface area contributed by atoms with Crippen molar-refractivity contribution in [3.05, 3.63) is 70.3 Å². The summed E-state index contributed by atoms with van der Waals surface area (Å²) < 4.78 is 22.8. The van der Waals surface area contributed by atoms with Gasteiger partial charge in [-0.25, -0.2) is 0 Å². The Hall–Kier alpha value is -2.56. The maximum atomic E-state index is 10.7. The van der Waals surface area contributed by atoms with E-state index in [2.05, 4.69) is 0 Å². The average Bonchev–Trinajstić information content (AvgIpc) is 2.72. The van der Waals surface area contributed by atoms with Crippen molar-refractivity contribution in [2.45, 2.75) is 37.0 Å². The van der Waals surface area contributed by atoms with Gasteiger partial charge in [-0.2, -0.15) is 0 Å². The SMILES string of the molecule is O=[N+]([O-])c1ccc(O[C@@H]2O[C@@H]3CO[C@@H](c4ccccc4)O[C@H]3[C@H](O)[C@H]2O)cc1. The quantitative estimate of drug-likeness (QED) is 0.597. The standard InChI is InChI=1S/C19H19NO8/c21-15-16(22)19(26-13-8-6-12(7-9-13)20(23)24)27-14-10-25-18(28-17(14)15)11-4-2-1-3-5-11/h1-9,14-19,21-22H,10H2/t14-,15-,16-,17-,18-,19-/m1/s1. The fourth-order valence-corrected chi connectivity index (χ4v) is 3.23. The number of hydrogen-bond acceptors (Lipinski definition) is 8. The van der Waals surface area contributed by atoms with Crippen LogP contribution in [0.15, 0.2) is 54.6 Å². The zero-order chi connectivity index (χ0) is 19.7. The van der Waals surface area contributed by atoms with Crippen molar-refractivity contribution in [2.24, 2.45) is 0 Å². The number of fused-ring (bicyclic) bond motifs is 1. The van der Waals surface area contributed by atoms with Crippen LogP contribution in [0.2, 0.25) is 0 Å². The number of rotatable bonds is 4. The summed E-state index contributed by atoms with van der Waals surface area (Å²) in [6.45, 7) is 0.147. The van der Waals surface area contributed by atoms with Gasteiger partial charge in [-0.15, -0.1) is 0 Å². The Balaban J connectivity index is 1.43. The van der Waals surface area contributed by atoms with Crippen molar-refractivity contribution < 1.29 is 34.1 Å². The Morgan fingerprint density at radius 3 is 2.39 bits per heavy atom. The van der Waals surface area contributed by atoms with Crippen LogP contribution in [-0.2, 0) is 14.2 Å². The Morgan fingerprint density at radius 2 is 1.71 bits per heavy atom. The molecule has 2 aliphatic rings. The summed E-state index contributed by atoms with van der Waals surface area (Å²) in [4.78, 5) is 10.2. The zero-order valence-corrected chi connectivity index (χ0v) is 14.7. The van der Waals surface area contributed by atoms with Gasteiger partial charge in [-0.05, 0) is 12.1 Å². The lowest BCUT2D eigenvalue weighted by Crippen LogP contribution is -2.62. The molecule has 0 radical (unpaired) electrons. The van der Waals surface area contributed by atoms with E-state index < -0.39 is 41.9 Å². The van der Waals surface area contributed by atoms with E-state index in [4.69, 9.17) is 18.9 Å². The summed E-state index contributed by atoms with van der Waals surface area (Å²) in [5, 5.41) is 31.7. The van der Waals surface area contributed by atoms with Crippen molar-refractivity contribution in [1.82, 2.24) is 0 Å². The lowest BCUT2D eigenvalue weighted by Gasteiger charge is -2.46. The van der Waals surface area contributed by atoms with Gasteiger partial charge in [0.1, 0.15) is 30.2 Å². The number of aliphatic hydroxyl groups is 2. The highest BCUT2D eigenvalue weighted by molar-refractivity contribution is 5.36. The summed E-state index contributed by atoms with van der Waals surface area (Å²) in [5.74, 6) is 0.264. The first-order valence-corrected chi connectivity index (χ1v) is 8.77. The van der Waals surface area contributed by atoms with Crippen molar-refractivity contribution in [3.63, 3.8) is 0 Å². The maximum absolute atomic E-state index is 10.7. The van der Waals surface area contributed by atoms with E-state index >= 15 is 0 Å². The van der Waals surface area contributed by atoms with Crippen LogP contribution in [0.25, 0.3) is 0 Å². The van der Waals surface area contributed by atoms with E-state index in [-0.39, 0.29) is 18.0 Å². The van der Waals surface area contributed by atoms with Gasteiger partial charge in [0, 0.05) is 17.7 Å². The Labute approximate surface area is 160 Å². The van der Waals surface area contributed by atoms with E-state index in [0.717, 1.165) is 5.56 Å². The van der Waals surface area contributed by atoms with Crippen LogP contribution < -0.4 is 4.74 Å². The van der Waals surface area contributed by atoms with Gasteiger partial charge in [-0.1, -0.05) is 30.3 Å². The van der Waals surface area contributed by atoms with Crippen LogP contribution in [0.5, 0.6) is 5.75 Å². The number of benzene rings is 2. The highest BCUT2D eigenvalue weighted by Crippen LogP contribution is 2.34. The minimum atomic E-state index is -1.37. The van der Waals surface area contributed by atoms with Gasteiger partial charge in [0.25, 0.3) is 5.69 Å². The van der Waals surface area contributed by atoms with Crippen LogP contribution in [0.3, 0.4) is 0 Å². The molecule has 0 saturated carbocycles. The third-order valence-electron chi connectivity index (χ3n) is 4.70. The number of aliphatic hydroxyl groups excluding tert-OH is 2. The van der Waals surface area contributed by atoms with Crippen molar-refractivity contribution in [2.75, 3.05) is 6.61 Å². The molecule has 28 heavy (non-hydrogen) atoms. The first kappa shape index (κ1) is 18.8. The highest BCUT2D eigenvalue weighted by atomic mass is 16.8. The van der Waals surface area contributed by atoms with Crippen LogP contribution in [-0.4, -0.2) is 52.4 Å². The van der Waals surface area contributed by atoms with Gasteiger partial charge in [0.15, 0.2) is 6.29 Å². The molecule has 0 spiro atoms. The van der Waals surface area contributed by atoms with Gasteiger partial charge >= 0.3 is 0 Å². The molecule has 0 aromatic heterocycles. The highest BCUT2D eigenvalue weighted by Gasteiger charge is 2.49. The maximum Gasteiger partial charge on any atom is 0.269 e. The molecule has 0 aliphatic carbocycles. The minimum Gasteiger partial charge on any atom is -0.462 e. The second kappa shape index (κ2) is 7.82. The average molecular weight is 389 g/mol. The van der Waals surface area contributed by atoms with Gasteiger partial charge in [0.2, 0.25) is 6.29 Å². The van der Waals surface area contributed by atoms with Gasteiger partial charge in [0.05, 0.1) is 11.5 Å². The number of hydrogen-bond donors (Lipinski definition) is 2. The summed E-state index contributed by atoms with van der Waals surface area (Å²) >= 11 is 0. The third-order valence-corrected chi connectivity index (χ3v) is 4.70. The van der Waals surface area contributed by atoms with E-state index in [1.807, 2.05) is 30.3 Å². The molecular weight excluding hydrogens is 370 g/mol. The van der Waals surface area contributed by atoms with Crippen molar-refractivity contribution in [3.8, 4) is 5.75 Å². The molecule has 2 N–H and O–H groups in total. The monoisotopic (exact) mass is 389 g/mol. The van der Waals surface area contributed by atoms with Crippen LogP contribution in [0.4, 0.5) is 5.69 Å². The smallest absolute Gasteiger partial charge is 0.269 e. The lowest BCUT2D eigenvalue weighted by atomic mass is 9.98. The van der Waals surface area contributed by atoms with Crippen LogP contribution in [0.1, 0.15) is 11.9 Å². The predicted molar refractivity (Wildman–Crippen MR) is 94.4 cm³/mol. The predicted octanol–water partition coefficient (Wildman–Crippen LogP) is 1.53. The second-order valence-corrected chi connectivity index (χ2v) is 6.57. The molecule has 6 atom stereocenters. The fourth-order valence-electron chi connectivity index (χ4n) is 3.23. The van der Waals surface area contributed by atoms with Gasteiger partial charge in [-0.3, -0.25) is 10.1 Å². The molecule has 2 fully saturated rings.